The summed E-state index contributed by atoms with van der Waals surface area (Å²) in [5.41, 5.74) is 6.89. The maximum absolute atomic E-state index is 13.5. The smallest absolute Gasteiger partial charge is 0.326 e. The first-order chi connectivity index (χ1) is 8.97. The van der Waals surface area contributed by atoms with E-state index in [1.165, 1.54) is 22.8 Å². The van der Waals surface area contributed by atoms with Gasteiger partial charge in [-0.2, -0.15) is 0 Å². The quantitative estimate of drug-likeness (QED) is 0.801. The van der Waals surface area contributed by atoms with E-state index in [2.05, 4.69) is 10.3 Å². The van der Waals surface area contributed by atoms with Gasteiger partial charge >= 0.3 is 5.97 Å². The monoisotopic (exact) mass is 281 g/mol. The summed E-state index contributed by atoms with van der Waals surface area (Å²) in [4.78, 5) is 14.8. The average Bonchev–Trinajstić information content (AvgIpc) is 2.81. The highest BCUT2D eigenvalue weighted by Gasteiger charge is 2.18. The molecule has 1 aromatic carbocycles. The third-order valence-corrected chi connectivity index (χ3v) is 3.25. The molecule has 2 rings (SSSR count). The van der Waals surface area contributed by atoms with Crippen LogP contribution in [0.3, 0.4) is 0 Å². The van der Waals surface area contributed by atoms with E-state index in [1.807, 2.05) is 6.92 Å². The van der Waals surface area contributed by atoms with Gasteiger partial charge in [-0.1, -0.05) is 6.07 Å². The summed E-state index contributed by atoms with van der Waals surface area (Å²) in [6.07, 6.45) is 0. The maximum Gasteiger partial charge on any atom is 0.326 e. The molecule has 0 fully saturated rings. The second kappa shape index (κ2) is 5.33. The fraction of sp³-hybridized carbons (Fsp3) is 0.167. The van der Waals surface area contributed by atoms with E-state index in [0.717, 1.165) is 5.56 Å². The number of nitrogens with one attached hydrogen (secondary N) is 1. The van der Waals surface area contributed by atoms with Gasteiger partial charge in [0.2, 0.25) is 0 Å². The molecule has 0 saturated carbocycles. The molecule has 7 heteroatoms. The van der Waals surface area contributed by atoms with E-state index >= 15 is 0 Å². The van der Waals surface area contributed by atoms with Crippen molar-refractivity contribution in [3.63, 3.8) is 0 Å². The van der Waals surface area contributed by atoms with Crippen LogP contribution in [0, 0.1) is 12.7 Å². The summed E-state index contributed by atoms with van der Waals surface area (Å²) in [6, 6.07) is 3.49. The molecule has 0 aliphatic heterocycles. The van der Waals surface area contributed by atoms with Crippen molar-refractivity contribution in [2.45, 2.75) is 13.0 Å². The molecule has 0 amide bonds. The topological polar surface area (TPSA) is 88.2 Å². The molecule has 2 aromatic rings. The molecular weight excluding hydrogens is 269 g/mol. The van der Waals surface area contributed by atoms with E-state index in [9.17, 15) is 9.18 Å². The number of carboxylic acid groups (broad SMARTS) is 1. The minimum atomic E-state index is -1.17. The Kier molecular flexibility index (Phi) is 3.77. The zero-order chi connectivity index (χ0) is 14.0. The van der Waals surface area contributed by atoms with Crippen LogP contribution in [0.4, 0.5) is 15.2 Å². The summed E-state index contributed by atoms with van der Waals surface area (Å²) in [7, 11) is 0. The van der Waals surface area contributed by atoms with E-state index in [4.69, 9.17) is 10.8 Å². The number of aromatic nitrogens is 1. The molecule has 4 N–H and O–H groups in total. The molecular formula is C12H12FN3O2S. The zero-order valence-corrected chi connectivity index (χ0v) is 10.9. The number of hydrogen-bond acceptors (Lipinski definition) is 5. The molecule has 0 aliphatic carbocycles. The van der Waals surface area contributed by atoms with Crippen molar-refractivity contribution >= 4 is 28.1 Å². The molecule has 0 radical (unpaired) electrons. The van der Waals surface area contributed by atoms with Gasteiger partial charge in [0.15, 0.2) is 5.13 Å². The number of thiazole rings is 1. The summed E-state index contributed by atoms with van der Waals surface area (Å²) >= 11 is 1.17. The van der Waals surface area contributed by atoms with Gasteiger partial charge in [-0.05, 0) is 24.6 Å². The van der Waals surface area contributed by atoms with Gasteiger partial charge in [0.05, 0.1) is 11.4 Å². The fourth-order valence-electron chi connectivity index (χ4n) is 1.46. The number of nitrogens with two attached hydrogens (primary N) is 1. The van der Waals surface area contributed by atoms with Crippen molar-refractivity contribution in [3.8, 4) is 0 Å². The lowest BCUT2D eigenvalue weighted by atomic mass is 10.2. The Bertz CT molecular complexity index is 615. The van der Waals surface area contributed by atoms with Gasteiger partial charge < -0.3 is 16.2 Å². The Hall–Kier alpha value is -1.99. The van der Waals surface area contributed by atoms with Crippen LogP contribution < -0.4 is 11.1 Å². The van der Waals surface area contributed by atoms with Crippen LogP contribution in [0.2, 0.25) is 0 Å². The molecule has 1 unspecified atom stereocenters. The van der Waals surface area contributed by atoms with Crippen molar-refractivity contribution in [1.82, 2.24) is 4.98 Å². The largest absolute Gasteiger partial charge is 0.480 e. The van der Waals surface area contributed by atoms with Crippen LogP contribution in [0.5, 0.6) is 0 Å². The van der Waals surface area contributed by atoms with Gasteiger partial charge in [-0.15, -0.1) is 11.3 Å². The maximum atomic E-state index is 13.5. The summed E-state index contributed by atoms with van der Waals surface area (Å²) in [5, 5.41) is 13.5. The van der Waals surface area contributed by atoms with Gasteiger partial charge in [0.1, 0.15) is 11.9 Å². The highest BCUT2D eigenvalue weighted by Crippen LogP contribution is 2.25. The lowest BCUT2D eigenvalue weighted by molar-refractivity contribution is -0.138. The number of anilines is 2. The van der Waals surface area contributed by atoms with Crippen molar-refractivity contribution in [2.75, 3.05) is 5.32 Å². The minimum absolute atomic E-state index is 0.244. The van der Waals surface area contributed by atoms with Crippen molar-refractivity contribution in [2.24, 2.45) is 5.73 Å². The van der Waals surface area contributed by atoms with Crippen LogP contribution in [-0.4, -0.2) is 16.1 Å². The second-order valence-electron chi connectivity index (χ2n) is 4.00. The lowest BCUT2D eigenvalue weighted by Gasteiger charge is -2.05. The second-order valence-corrected chi connectivity index (χ2v) is 4.86. The molecule has 5 nitrogen and oxygen atoms in total. The number of halogens is 1. The van der Waals surface area contributed by atoms with E-state index in [1.54, 1.807) is 12.1 Å². The Morgan fingerprint density at radius 1 is 1.58 bits per heavy atom. The molecule has 19 heavy (non-hydrogen) atoms. The average molecular weight is 281 g/mol. The minimum Gasteiger partial charge on any atom is -0.480 e. The standard InChI is InChI=1S/C12H12FN3O2S/c1-6-2-3-7(13)8(4-6)15-12-16-9(5-19-12)10(14)11(17)18/h2-5,10H,14H2,1H3,(H,15,16)(H,17,18). The van der Waals surface area contributed by atoms with Crippen molar-refractivity contribution in [1.29, 1.82) is 0 Å². The van der Waals surface area contributed by atoms with E-state index < -0.39 is 17.8 Å². The number of aryl methyl sites for hydroxylation is 1. The highest BCUT2D eigenvalue weighted by molar-refractivity contribution is 7.13. The van der Waals surface area contributed by atoms with E-state index in [-0.39, 0.29) is 5.69 Å². The first-order valence-electron chi connectivity index (χ1n) is 5.44. The van der Waals surface area contributed by atoms with Gasteiger partial charge in [-0.25, -0.2) is 9.37 Å². The molecule has 0 aliphatic rings. The first kappa shape index (κ1) is 13.4. The molecule has 0 saturated heterocycles. The van der Waals surface area contributed by atoms with Crippen LogP contribution in [0.1, 0.15) is 17.3 Å². The predicted octanol–water partition coefficient (Wildman–Crippen LogP) is 2.42. The Morgan fingerprint density at radius 2 is 2.32 bits per heavy atom. The summed E-state index contributed by atoms with van der Waals surface area (Å²) < 4.78 is 13.5. The number of carbonyl (C=O) groups is 1. The lowest BCUT2D eigenvalue weighted by Crippen LogP contribution is -2.20. The molecule has 0 bridgehead atoms. The normalized spacial score (nSPS) is 12.2. The Balaban J connectivity index is 2.20. The summed E-state index contributed by atoms with van der Waals surface area (Å²) in [6.45, 7) is 1.85. The molecule has 0 spiro atoms. The van der Waals surface area contributed by atoms with Gasteiger partial charge in [-0.3, -0.25) is 4.79 Å². The van der Waals surface area contributed by atoms with Crippen molar-refractivity contribution < 1.29 is 14.3 Å². The van der Waals surface area contributed by atoms with Crippen LogP contribution in [-0.2, 0) is 4.79 Å². The third-order valence-electron chi connectivity index (χ3n) is 2.47. The van der Waals surface area contributed by atoms with Crippen molar-refractivity contribution in [3.05, 3.63) is 40.7 Å². The number of rotatable bonds is 4. The molecule has 1 aromatic heterocycles. The number of benzene rings is 1. The van der Waals surface area contributed by atoms with Gasteiger partial charge in [0, 0.05) is 5.38 Å². The van der Waals surface area contributed by atoms with Crippen LogP contribution in [0.15, 0.2) is 23.6 Å². The molecule has 100 valence electrons. The molecule has 1 heterocycles. The first-order valence-corrected chi connectivity index (χ1v) is 6.32. The summed E-state index contributed by atoms with van der Waals surface area (Å²) in [5.74, 6) is -1.55. The van der Waals surface area contributed by atoms with Gasteiger partial charge in [0.25, 0.3) is 0 Å². The number of carboxylic acids is 1. The SMILES string of the molecule is Cc1ccc(F)c(Nc2nc(C(N)C(=O)O)cs2)c1. The Morgan fingerprint density at radius 3 is 3.00 bits per heavy atom. The van der Waals surface area contributed by atoms with Crippen LogP contribution in [0.25, 0.3) is 0 Å². The zero-order valence-electron chi connectivity index (χ0n) is 10.1. The predicted molar refractivity (Wildman–Crippen MR) is 71.1 cm³/mol. The third kappa shape index (κ3) is 3.07. The number of hydrogen-bond donors (Lipinski definition) is 3. The number of aliphatic carboxylic acids is 1. The molecule has 1 atom stereocenters. The highest BCUT2D eigenvalue weighted by atomic mass is 32.1. The Labute approximate surface area is 112 Å². The van der Waals surface area contributed by atoms with Crippen LogP contribution >= 0.6 is 11.3 Å². The fourth-order valence-corrected chi connectivity index (χ4v) is 2.22. The number of nitrogens with zero attached hydrogens (tertiary/aromatic N) is 1. The van der Waals surface area contributed by atoms with E-state index in [0.29, 0.717) is 10.8 Å².